The zero-order valence-corrected chi connectivity index (χ0v) is 20.3. The molecule has 0 saturated carbocycles. The third-order valence-electron chi connectivity index (χ3n) is 6.14. The molecule has 0 spiro atoms. The zero-order valence-electron chi connectivity index (χ0n) is 20.3. The Balaban J connectivity index is 0.000000868. The number of nitrogen functional groups attached to an aromatic ring is 1. The van der Waals surface area contributed by atoms with Crippen LogP contribution in [0.3, 0.4) is 0 Å². The first-order chi connectivity index (χ1) is 16.5. The van der Waals surface area contributed by atoms with Gasteiger partial charge in [0.2, 0.25) is 0 Å². The van der Waals surface area contributed by atoms with Crippen LogP contribution in [-0.4, -0.2) is 60.5 Å². The third kappa shape index (κ3) is 5.20. The van der Waals surface area contributed by atoms with Crippen molar-refractivity contribution in [1.82, 2.24) is 20.2 Å². The van der Waals surface area contributed by atoms with E-state index in [2.05, 4.69) is 65.3 Å². The van der Waals surface area contributed by atoms with Crippen molar-refractivity contribution in [2.45, 2.75) is 26.7 Å². The molecule has 0 aliphatic carbocycles. The van der Waals surface area contributed by atoms with Gasteiger partial charge in [0.15, 0.2) is 0 Å². The Bertz CT molecular complexity index is 1140. The topological polar surface area (TPSA) is 87.4 Å². The maximum Gasteiger partial charge on any atom is 0.251 e. The molecule has 5 rings (SSSR count). The average molecular weight is 459 g/mol. The van der Waals surface area contributed by atoms with Gasteiger partial charge in [-0.25, -0.2) is 9.97 Å². The van der Waals surface area contributed by atoms with Gasteiger partial charge < -0.3 is 20.9 Å². The minimum Gasteiger partial charge on any atom is -0.382 e. The highest BCUT2D eigenvalue weighted by molar-refractivity contribution is 5.97. The van der Waals surface area contributed by atoms with E-state index in [0.29, 0.717) is 18.1 Å². The number of amides is 1. The summed E-state index contributed by atoms with van der Waals surface area (Å²) in [5.74, 6) is 0.360. The van der Waals surface area contributed by atoms with E-state index in [4.69, 9.17) is 10.7 Å². The van der Waals surface area contributed by atoms with Gasteiger partial charge in [-0.2, -0.15) is 0 Å². The molecular formula is C27H34N6O. The highest BCUT2D eigenvalue weighted by Crippen LogP contribution is 2.29. The summed E-state index contributed by atoms with van der Waals surface area (Å²) in [5.41, 5.74) is 12.5. The van der Waals surface area contributed by atoms with Crippen molar-refractivity contribution in [2.75, 3.05) is 50.4 Å². The van der Waals surface area contributed by atoms with E-state index in [0.717, 1.165) is 60.5 Å². The second-order valence-electron chi connectivity index (χ2n) is 8.91. The van der Waals surface area contributed by atoms with Crippen molar-refractivity contribution < 1.29 is 4.79 Å². The molecule has 3 N–H and O–H groups in total. The molecule has 178 valence electrons. The minimum atomic E-state index is -0.0268. The molecule has 0 unspecified atom stereocenters. The number of carbonyl (C=O) groups is 1. The first-order valence-electron chi connectivity index (χ1n) is 12.1. The third-order valence-corrected chi connectivity index (χ3v) is 6.14. The lowest BCUT2D eigenvalue weighted by molar-refractivity contribution is 0.0946. The summed E-state index contributed by atoms with van der Waals surface area (Å²) in [6, 6.07) is 14.2. The summed E-state index contributed by atoms with van der Waals surface area (Å²) in [6.07, 6.45) is 3.77. The van der Waals surface area contributed by atoms with Crippen LogP contribution in [-0.2, 0) is 6.42 Å². The predicted molar refractivity (Wildman–Crippen MR) is 139 cm³/mol. The van der Waals surface area contributed by atoms with E-state index < -0.39 is 0 Å². The normalized spacial score (nSPS) is 15.7. The smallest absolute Gasteiger partial charge is 0.251 e. The molecule has 2 aromatic carbocycles. The monoisotopic (exact) mass is 458 g/mol. The maximum atomic E-state index is 12.0. The van der Waals surface area contributed by atoms with Crippen LogP contribution in [0.5, 0.6) is 0 Å². The SMILES string of the molecule is CCC.CN1CCN(c2ccc(-c3cnc(N)c(-c4ccc5c(c4)CCNC5=O)n3)cc2)CC1. The Labute approximate surface area is 202 Å². The van der Waals surface area contributed by atoms with E-state index in [9.17, 15) is 4.79 Å². The van der Waals surface area contributed by atoms with Crippen LogP contribution >= 0.6 is 0 Å². The van der Waals surface area contributed by atoms with Crippen LogP contribution in [0, 0.1) is 0 Å². The molecule has 2 aliphatic rings. The lowest BCUT2D eigenvalue weighted by Crippen LogP contribution is -2.44. The number of piperazine rings is 1. The molecule has 1 amide bonds. The number of nitrogens with one attached hydrogen (secondary N) is 1. The highest BCUT2D eigenvalue weighted by atomic mass is 16.1. The second kappa shape index (κ2) is 10.7. The number of hydrogen-bond acceptors (Lipinski definition) is 6. The zero-order chi connectivity index (χ0) is 24.1. The fourth-order valence-electron chi connectivity index (χ4n) is 4.23. The number of fused-ring (bicyclic) bond motifs is 1. The molecule has 0 atom stereocenters. The quantitative estimate of drug-likeness (QED) is 0.620. The molecule has 2 aliphatic heterocycles. The van der Waals surface area contributed by atoms with Crippen molar-refractivity contribution in [3.63, 3.8) is 0 Å². The van der Waals surface area contributed by atoms with Gasteiger partial charge in [0, 0.05) is 55.1 Å². The average Bonchev–Trinajstić information content (AvgIpc) is 2.85. The first-order valence-corrected chi connectivity index (χ1v) is 12.1. The van der Waals surface area contributed by atoms with Gasteiger partial charge in [-0.3, -0.25) is 4.79 Å². The minimum absolute atomic E-state index is 0.0268. The largest absolute Gasteiger partial charge is 0.382 e. The number of hydrogen-bond donors (Lipinski definition) is 2. The van der Waals surface area contributed by atoms with Crippen LogP contribution in [0.15, 0.2) is 48.7 Å². The summed E-state index contributed by atoms with van der Waals surface area (Å²) in [5, 5.41) is 2.87. The van der Waals surface area contributed by atoms with E-state index >= 15 is 0 Å². The van der Waals surface area contributed by atoms with E-state index in [1.54, 1.807) is 6.20 Å². The first kappa shape index (κ1) is 23.7. The number of rotatable bonds is 3. The number of nitrogens with zero attached hydrogens (tertiary/aromatic N) is 4. The van der Waals surface area contributed by atoms with Gasteiger partial charge >= 0.3 is 0 Å². The summed E-state index contributed by atoms with van der Waals surface area (Å²) >= 11 is 0. The number of benzene rings is 2. The van der Waals surface area contributed by atoms with Crippen molar-refractivity contribution in [3.8, 4) is 22.5 Å². The van der Waals surface area contributed by atoms with Crippen molar-refractivity contribution in [2.24, 2.45) is 0 Å². The maximum absolute atomic E-state index is 12.0. The predicted octanol–water partition coefficient (Wildman–Crippen LogP) is 3.85. The molecular weight excluding hydrogens is 424 g/mol. The number of nitrogens with two attached hydrogens (primary N) is 1. The Morgan fingerprint density at radius 2 is 1.68 bits per heavy atom. The lowest BCUT2D eigenvalue weighted by atomic mass is 9.96. The van der Waals surface area contributed by atoms with Gasteiger partial charge in [0.05, 0.1) is 11.9 Å². The molecule has 7 nitrogen and oxygen atoms in total. The fraction of sp³-hybridized carbons (Fsp3) is 0.370. The van der Waals surface area contributed by atoms with Crippen molar-refractivity contribution in [3.05, 3.63) is 59.8 Å². The van der Waals surface area contributed by atoms with Gasteiger partial charge in [0.25, 0.3) is 5.91 Å². The molecule has 1 saturated heterocycles. The molecule has 3 aromatic rings. The van der Waals surface area contributed by atoms with Crippen LogP contribution in [0.25, 0.3) is 22.5 Å². The van der Waals surface area contributed by atoms with Crippen LogP contribution < -0.4 is 16.0 Å². The summed E-state index contributed by atoms with van der Waals surface area (Å²) in [4.78, 5) is 26.0. The highest BCUT2D eigenvalue weighted by Gasteiger charge is 2.19. The van der Waals surface area contributed by atoms with E-state index in [1.165, 1.54) is 12.1 Å². The number of aromatic nitrogens is 2. The lowest BCUT2D eigenvalue weighted by Gasteiger charge is -2.34. The Morgan fingerprint density at radius 3 is 2.38 bits per heavy atom. The summed E-state index contributed by atoms with van der Waals surface area (Å²) in [6.45, 7) is 9.14. The van der Waals surface area contributed by atoms with Crippen LogP contribution in [0.1, 0.15) is 36.2 Å². The van der Waals surface area contributed by atoms with E-state index in [1.807, 2.05) is 18.2 Å². The molecule has 0 bridgehead atoms. The van der Waals surface area contributed by atoms with Crippen LogP contribution in [0.2, 0.25) is 0 Å². The molecule has 1 aromatic heterocycles. The molecule has 1 fully saturated rings. The van der Waals surface area contributed by atoms with Gasteiger partial charge in [0.1, 0.15) is 11.5 Å². The van der Waals surface area contributed by atoms with Gasteiger partial charge in [-0.1, -0.05) is 38.5 Å². The summed E-state index contributed by atoms with van der Waals surface area (Å²) < 4.78 is 0. The number of likely N-dealkylation sites (N-methyl/N-ethyl adjacent to an activating group) is 1. The number of carbonyl (C=O) groups excluding carboxylic acids is 1. The molecule has 34 heavy (non-hydrogen) atoms. The molecule has 7 heteroatoms. The van der Waals surface area contributed by atoms with Crippen molar-refractivity contribution >= 4 is 17.4 Å². The Morgan fingerprint density at radius 1 is 1.00 bits per heavy atom. The second-order valence-corrected chi connectivity index (χ2v) is 8.91. The van der Waals surface area contributed by atoms with Gasteiger partial charge in [-0.05, 0) is 43.3 Å². The van der Waals surface area contributed by atoms with E-state index in [-0.39, 0.29) is 5.91 Å². The van der Waals surface area contributed by atoms with Crippen molar-refractivity contribution in [1.29, 1.82) is 0 Å². The summed E-state index contributed by atoms with van der Waals surface area (Å²) in [7, 11) is 2.16. The van der Waals surface area contributed by atoms with Crippen LogP contribution in [0.4, 0.5) is 11.5 Å². The Hall–Kier alpha value is -3.45. The fourth-order valence-corrected chi connectivity index (χ4v) is 4.23. The molecule has 0 radical (unpaired) electrons. The molecule has 3 heterocycles. The van der Waals surface area contributed by atoms with Gasteiger partial charge in [-0.15, -0.1) is 0 Å². The standard InChI is InChI=1S/C24H26N6O.C3H8/c1-29-10-12-30(13-11-29)19-5-2-16(3-6-19)21-15-27-23(25)22(28-21)18-4-7-20-17(14-18)8-9-26-24(20)31;1-3-2/h2-7,14-15H,8-13H2,1H3,(H2,25,27)(H,26,31);3H2,1-2H3. The number of anilines is 2. The Kier molecular flexibility index (Phi) is 7.43.